The highest BCUT2D eigenvalue weighted by Crippen LogP contribution is 2.21. The summed E-state index contributed by atoms with van der Waals surface area (Å²) < 4.78 is 0. The zero-order chi connectivity index (χ0) is 16.1. The molecule has 0 radical (unpaired) electrons. The Morgan fingerprint density at radius 1 is 1.13 bits per heavy atom. The van der Waals surface area contributed by atoms with Crippen molar-refractivity contribution < 1.29 is 0 Å². The molecular formula is C16H19Cl2N5. The van der Waals surface area contributed by atoms with Crippen molar-refractivity contribution in [3.8, 4) is 0 Å². The number of aromatic nitrogens is 3. The summed E-state index contributed by atoms with van der Waals surface area (Å²) in [5, 5.41) is 12.8. The molecule has 1 aromatic heterocycles. The standard InChI is InChI=1S/C16H19Cl2N5/c17-13-5-4-12(14(18)10-13)6-7-19-15-11-20-22-16(21-15)23-8-2-1-3-9-23/h4-5,10-11H,1-3,6-9H2,(H,19,21,22). The second kappa shape index (κ2) is 7.79. The molecule has 0 amide bonds. The summed E-state index contributed by atoms with van der Waals surface area (Å²) in [5.74, 6) is 1.45. The van der Waals surface area contributed by atoms with Crippen LogP contribution < -0.4 is 10.2 Å². The Bertz CT molecular complexity index is 659. The Morgan fingerprint density at radius 2 is 1.96 bits per heavy atom. The first-order valence-electron chi connectivity index (χ1n) is 7.85. The van der Waals surface area contributed by atoms with Crippen molar-refractivity contribution in [3.05, 3.63) is 40.0 Å². The van der Waals surface area contributed by atoms with Crippen LogP contribution >= 0.6 is 23.2 Å². The largest absolute Gasteiger partial charge is 0.368 e. The minimum Gasteiger partial charge on any atom is -0.368 e. The van der Waals surface area contributed by atoms with Gasteiger partial charge in [0, 0.05) is 29.7 Å². The minimum atomic E-state index is 0.651. The minimum absolute atomic E-state index is 0.651. The first kappa shape index (κ1) is 16.3. The second-order valence-corrected chi connectivity index (χ2v) is 6.45. The fraction of sp³-hybridized carbons (Fsp3) is 0.438. The number of piperidine rings is 1. The maximum absolute atomic E-state index is 6.18. The van der Waals surface area contributed by atoms with Gasteiger partial charge >= 0.3 is 0 Å². The Balaban J connectivity index is 1.57. The molecule has 7 heteroatoms. The highest BCUT2D eigenvalue weighted by atomic mass is 35.5. The average molecular weight is 352 g/mol. The van der Waals surface area contributed by atoms with Crippen LogP contribution in [0.4, 0.5) is 11.8 Å². The predicted octanol–water partition coefficient (Wildman–Crippen LogP) is 3.82. The molecule has 0 unspecified atom stereocenters. The van der Waals surface area contributed by atoms with Crippen LogP contribution in [0.3, 0.4) is 0 Å². The van der Waals surface area contributed by atoms with Gasteiger partial charge in [0.05, 0.1) is 6.20 Å². The number of rotatable bonds is 5. The lowest BCUT2D eigenvalue weighted by atomic mass is 10.1. The van der Waals surface area contributed by atoms with E-state index in [-0.39, 0.29) is 0 Å². The van der Waals surface area contributed by atoms with Gasteiger partial charge in [-0.15, -0.1) is 5.10 Å². The molecule has 1 aliphatic rings. The van der Waals surface area contributed by atoms with Crippen molar-refractivity contribution in [1.82, 2.24) is 15.2 Å². The van der Waals surface area contributed by atoms with E-state index in [1.54, 1.807) is 12.3 Å². The molecule has 122 valence electrons. The van der Waals surface area contributed by atoms with E-state index in [0.717, 1.165) is 37.4 Å². The van der Waals surface area contributed by atoms with Gasteiger partial charge in [0.1, 0.15) is 0 Å². The van der Waals surface area contributed by atoms with Gasteiger partial charge in [-0.3, -0.25) is 0 Å². The molecule has 1 fully saturated rings. The number of nitrogens with zero attached hydrogens (tertiary/aromatic N) is 4. The van der Waals surface area contributed by atoms with Crippen molar-refractivity contribution in [2.24, 2.45) is 0 Å². The Labute approximate surface area is 146 Å². The van der Waals surface area contributed by atoms with Crippen molar-refractivity contribution in [1.29, 1.82) is 0 Å². The summed E-state index contributed by atoms with van der Waals surface area (Å²) in [6.45, 7) is 2.73. The molecule has 2 heterocycles. The Morgan fingerprint density at radius 3 is 2.74 bits per heavy atom. The van der Waals surface area contributed by atoms with Crippen LogP contribution in [0.25, 0.3) is 0 Å². The molecule has 1 N–H and O–H groups in total. The fourth-order valence-electron chi connectivity index (χ4n) is 2.66. The van der Waals surface area contributed by atoms with E-state index >= 15 is 0 Å². The van der Waals surface area contributed by atoms with Gasteiger partial charge in [0.2, 0.25) is 5.95 Å². The maximum atomic E-state index is 6.18. The van der Waals surface area contributed by atoms with E-state index in [9.17, 15) is 0 Å². The van der Waals surface area contributed by atoms with E-state index in [1.807, 2.05) is 12.1 Å². The van der Waals surface area contributed by atoms with Crippen LogP contribution in [-0.2, 0) is 6.42 Å². The van der Waals surface area contributed by atoms with Gasteiger partial charge in [-0.25, -0.2) is 0 Å². The molecular weight excluding hydrogens is 333 g/mol. The Kier molecular flexibility index (Phi) is 5.51. The molecule has 1 aromatic carbocycles. The molecule has 5 nitrogen and oxygen atoms in total. The van der Waals surface area contributed by atoms with Crippen LogP contribution in [0.2, 0.25) is 10.0 Å². The third-order valence-corrected chi connectivity index (χ3v) is 4.49. The molecule has 1 aliphatic heterocycles. The molecule has 23 heavy (non-hydrogen) atoms. The number of hydrogen-bond donors (Lipinski definition) is 1. The molecule has 0 bridgehead atoms. The average Bonchev–Trinajstić information content (AvgIpc) is 2.58. The molecule has 0 saturated carbocycles. The maximum Gasteiger partial charge on any atom is 0.247 e. The normalized spacial score (nSPS) is 14.8. The predicted molar refractivity (Wildman–Crippen MR) is 94.5 cm³/mol. The van der Waals surface area contributed by atoms with E-state index in [4.69, 9.17) is 23.2 Å². The van der Waals surface area contributed by atoms with Gasteiger partial charge in [-0.05, 0) is 43.4 Å². The zero-order valence-electron chi connectivity index (χ0n) is 12.8. The molecule has 3 rings (SSSR count). The molecule has 0 spiro atoms. The lowest BCUT2D eigenvalue weighted by molar-refractivity contribution is 0.565. The van der Waals surface area contributed by atoms with E-state index in [1.165, 1.54) is 19.3 Å². The number of hydrogen-bond acceptors (Lipinski definition) is 5. The summed E-state index contributed by atoms with van der Waals surface area (Å²) in [6.07, 6.45) is 6.10. The third kappa shape index (κ3) is 4.45. The van der Waals surface area contributed by atoms with Crippen molar-refractivity contribution in [2.45, 2.75) is 25.7 Å². The topological polar surface area (TPSA) is 53.9 Å². The Hall–Kier alpha value is -1.59. The summed E-state index contributed by atoms with van der Waals surface area (Å²) in [5.41, 5.74) is 1.06. The van der Waals surface area contributed by atoms with Crippen LogP contribution in [0.15, 0.2) is 24.4 Å². The van der Waals surface area contributed by atoms with E-state index < -0.39 is 0 Å². The van der Waals surface area contributed by atoms with Gasteiger partial charge in [0.25, 0.3) is 0 Å². The van der Waals surface area contributed by atoms with Crippen LogP contribution in [0, 0.1) is 0 Å². The first-order chi connectivity index (χ1) is 11.2. The zero-order valence-corrected chi connectivity index (χ0v) is 14.3. The van der Waals surface area contributed by atoms with Gasteiger partial charge < -0.3 is 10.2 Å². The van der Waals surface area contributed by atoms with Crippen LogP contribution in [-0.4, -0.2) is 34.8 Å². The van der Waals surface area contributed by atoms with E-state index in [2.05, 4.69) is 25.4 Å². The summed E-state index contributed by atoms with van der Waals surface area (Å²) in [4.78, 5) is 6.74. The number of anilines is 2. The van der Waals surface area contributed by atoms with Gasteiger partial charge in [-0.1, -0.05) is 29.3 Å². The second-order valence-electron chi connectivity index (χ2n) is 5.60. The number of nitrogens with one attached hydrogen (secondary N) is 1. The van der Waals surface area contributed by atoms with Gasteiger partial charge in [0.15, 0.2) is 5.82 Å². The SMILES string of the molecule is Clc1ccc(CCNc2cnnc(N3CCCCC3)n2)c(Cl)c1. The van der Waals surface area contributed by atoms with E-state index in [0.29, 0.717) is 16.0 Å². The van der Waals surface area contributed by atoms with Crippen molar-refractivity contribution in [2.75, 3.05) is 29.9 Å². The van der Waals surface area contributed by atoms with Crippen molar-refractivity contribution >= 4 is 35.0 Å². The monoisotopic (exact) mass is 351 g/mol. The molecule has 0 aliphatic carbocycles. The highest BCUT2D eigenvalue weighted by Gasteiger charge is 2.14. The lowest BCUT2D eigenvalue weighted by Gasteiger charge is -2.26. The first-order valence-corrected chi connectivity index (χ1v) is 8.60. The summed E-state index contributed by atoms with van der Waals surface area (Å²) >= 11 is 12.1. The highest BCUT2D eigenvalue weighted by molar-refractivity contribution is 6.35. The number of halogens is 2. The number of benzene rings is 1. The summed E-state index contributed by atoms with van der Waals surface area (Å²) in [7, 11) is 0. The fourth-order valence-corrected chi connectivity index (χ4v) is 3.16. The molecule has 2 aromatic rings. The summed E-state index contributed by atoms with van der Waals surface area (Å²) in [6, 6.07) is 5.56. The quantitative estimate of drug-likeness (QED) is 0.887. The van der Waals surface area contributed by atoms with Crippen molar-refractivity contribution in [3.63, 3.8) is 0 Å². The van der Waals surface area contributed by atoms with Crippen LogP contribution in [0.1, 0.15) is 24.8 Å². The third-order valence-electron chi connectivity index (χ3n) is 3.90. The molecule has 1 saturated heterocycles. The van der Waals surface area contributed by atoms with Crippen LogP contribution in [0.5, 0.6) is 0 Å². The smallest absolute Gasteiger partial charge is 0.247 e. The van der Waals surface area contributed by atoms with Gasteiger partial charge in [-0.2, -0.15) is 10.1 Å². The molecule has 0 atom stereocenters. The lowest BCUT2D eigenvalue weighted by Crippen LogP contribution is -2.31.